The summed E-state index contributed by atoms with van der Waals surface area (Å²) in [4.78, 5) is 11.7. The van der Waals surface area contributed by atoms with Crippen molar-refractivity contribution in [2.75, 3.05) is 20.3 Å². The molecule has 0 amide bonds. The average molecular weight is 241 g/mol. The first-order valence-corrected chi connectivity index (χ1v) is 6.62. The van der Waals surface area contributed by atoms with Gasteiger partial charge in [0.05, 0.1) is 7.11 Å². The monoisotopic (exact) mass is 241 g/mol. The van der Waals surface area contributed by atoms with Crippen LogP contribution in [0.1, 0.15) is 38.5 Å². The Balaban J connectivity index is 1.75. The second kappa shape index (κ2) is 5.36. The quantitative estimate of drug-likeness (QED) is 0.565. The molecule has 2 N–H and O–H groups in total. The number of hydrogen-bond acceptors (Lipinski definition) is 4. The Morgan fingerprint density at radius 3 is 2.82 bits per heavy atom. The van der Waals surface area contributed by atoms with Gasteiger partial charge in [-0.3, -0.25) is 4.79 Å². The lowest BCUT2D eigenvalue weighted by Gasteiger charge is -2.28. The van der Waals surface area contributed by atoms with Gasteiger partial charge in [-0.05, 0) is 43.9 Å². The zero-order valence-corrected chi connectivity index (χ0v) is 10.6. The van der Waals surface area contributed by atoms with Crippen molar-refractivity contribution in [1.82, 2.24) is 0 Å². The first-order valence-electron chi connectivity index (χ1n) is 6.62. The maximum absolute atomic E-state index is 11.7. The number of nitrogens with two attached hydrogens (primary N) is 1. The van der Waals surface area contributed by atoms with E-state index in [1.807, 2.05) is 0 Å². The lowest BCUT2D eigenvalue weighted by Crippen LogP contribution is -2.51. The molecule has 0 radical (unpaired) electrons. The molecule has 2 atom stereocenters. The van der Waals surface area contributed by atoms with E-state index in [2.05, 4.69) is 0 Å². The van der Waals surface area contributed by atoms with Crippen LogP contribution >= 0.6 is 0 Å². The normalized spacial score (nSPS) is 32.7. The van der Waals surface area contributed by atoms with Gasteiger partial charge in [0.25, 0.3) is 0 Å². The summed E-state index contributed by atoms with van der Waals surface area (Å²) in [5.74, 6) is 0.748. The van der Waals surface area contributed by atoms with Crippen molar-refractivity contribution in [2.45, 2.75) is 44.1 Å². The van der Waals surface area contributed by atoms with Crippen LogP contribution in [0.3, 0.4) is 0 Å². The molecule has 4 heteroatoms. The highest BCUT2D eigenvalue weighted by molar-refractivity contribution is 5.81. The van der Waals surface area contributed by atoms with Gasteiger partial charge in [-0.1, -0.05) is 6.42 Å². The molecule has 98 valence electrons. The Morgan fingerprint density at radius 1 is 1.41 bits per heavy atom. The standard InChI is InChI=1S/C13H23NO3/c1-16-12(15)13(14)7-2-3-11(13)6-8-17-9-10-4-5-10/h10-11H,2-9,14H2,1H3. The molecule has 4 nitrogen and oxygen atoms in total. The Hall–Kier alpha value is -0.610. The van der Waals surface area contributed by atoms with Crippen molar-refractivity contribution in [3.63, 3.8) is 0 Å². The largest absolute Gasteiger partial charge is 0.468 e. The summed E-state index contributed by atoms with van der Waals surface area (Å²) in [5.41, 5.74) is 5.42. The summed E-state index contributed by atoms with van der Waals surface area (Å²) in [6.45, 7) is 1.60. The van der Waals surface area contributed by atoms with E-state index in [-0.39, 0.29) is 11.9 Å². The van der Waals surface area contributed by atoms with Crippen LogP contribution in [0, 0.1) is 11.8 Å². The van der Waals surface area contributed by atoms with Gasteiger partial charge in [0.2, 0.25) is 0 Å². The number of esters is 1. The molecule has 2 unspecified atom stereocenters. The fourth-order valence-electron chi connectivity index (χ4n) is 2.72. The van der Waals surface area contributed by atoms with E-state index in [9.17, 15) is 4.79 Å². The predicted octanol–water partition coefficient (Wildman–Crippen LogP) is 1.47. The first kappa shape index (κ1) is 12.8. The molecule has 0 aliphatic heterocycles. The molecule has 0 aromatic carbocycles. The molecule has 0 heterocycles. The van der Waals surface area contributed by atoms with Crippen LogP contribution in [0.25, 0.3) is 0 Å². The second-order valence-corrected chi connectivity index (χ2v) is 5.43. The minimum Gasteiger partial charge on any atom is -0.468 e. The Bertz CT molecular complexity index is 278. The van der Waals surface area contributed by atoms with Crippen LogP contribution < -0.4 is 5.73 Å². The van der Waals surface area contributed by atoms with Gasteiger partial charge in [0, 0.05) is 13.2 Å². The highest BCUT2D eigenvalue weighted by Gasteiger charge is 2.46. The van der Waals surface area contributed by atoms with Gasteiger partial charge in [-0.2, -0.15) is 0 Å². The molecule has 0 saturated heterocycles. The summed E-state index contributed by atoms with van der Waals surface area (Å²) < 4.78 is 10.4. The zero-order chi connectivity index (χ0) is 12.3. The summed E-state index contributed by atoms with van der Waals surface area (Å²) in [5, 5.41) is 0. The van der Waals surface area contributed by atoms with E-state index in [4.69, 9.17) is 15.2 Å². The molecule has 0 aromatic rings. The molecule has 2 aliphatic rings. The van der Waals surface area contributed by atoms with E-state index < -0.39 is 5.54 Å². The smallest absolute Gasteiger partial charge is 0.326 e. The number of carbonyl (C=O) groups excluding carboxylic acids is 1. The van der Waals surface area contributed by atoms with Crippen LogP contribution in [0.2, 0.25) is 0 Å². The van der Waals surface area contributed by atoms with Gasteiger partial charge >= 0.3 is 5.97 Å². The lowest BCUT2D eigenvalue weighted by atomic mass is 9.86. The third-order valence-corrected chi connectivity index (χ3v) is 4.10. The van der Waals surface area contributed by atoms with Gasteiger partial charge in [-0.25, -0.2) is 0 Å². The van der Waals surface area contributed by atoms with Crippen LogP contribution in [-0.2, 0) is 14.3 Å². The third kappa shape index (κ3) is 2.99. The second-order valence-electron chi connectivity index (χ2n) is 5.43. The van der Waals surface area contributed by atoms with Gasteiger partial charge in [0.15, 0.2) is 0 Å². The van der Waals surface area contributed by atoms with Crippen molar-refractivity contribution >= 4 is 5.97 Å². The Morgan fingerprint density at radius 2 is 2.18 bits per heavy atom. The lowest BCUT2D eigenvalue weighted by molar-refractivity contribution is -0.148. The molecule has 0 spiro atoms. The first-order chi connectivity index (χ1) is 8.16. The molecule has 2 fully saturated rings. The molecule has 2 rings (SSSR count). The average Bonchev–Trinajstić information content (AvgIpc) is 3.08. The highest BCUT2D eigenvalue weighted by atomic mass is 16.5. The number of ether oxygens (including phenoxy) is 2. The summed E-state index contributed by atoms with van der Waals surface area (Å²) in [7, 11) is 1.41. The minimum absolute atomic E-state index is 0.217. The van der Waals surface area contributed by atoms with E-state index in [0.717, 1.165) is 44.8 Å². The van der Waals surface area contributed by atoms with Crippen molar-refractivity contribution in [3.05, 3.63) is 0 Å². The molecule has 0 bridgehead atoms. The molecular weight excluding hydrogens is 218 g/mol. The molecule has 2 saturated carbocycles. The van der Waals surface area contributed by atoms with E-state index in [0.29, 0.717) is 0 Å². The predicted molar refractivity (Wildman–Crippen MR) is 64.4 cm³/mol. The zero-order valence-electron chi connectivity index (χ0n) is 10.6. The van der Waals surface area contributed by atoms with E-state index >= 15 is 0 Å². The number of rotatable bonds is 6. The molecule has 17 heavy (non-hydrogen) atoms. The molecule has 2 aliphatic carbocycles. The molecular formula is C13H23NO3. The Labute approximate surface area is 103 Å². The SMILES string of the molecule is COC(=O)C1(N)CCCC1CCOCC1CC1. The van der Waals surface area contributed by atoms with E-state index in [1.54, 1.807) is 0 Å². The fraction of sp³-hybridized carbons (Fsp3) is 0.923. The number of carbonyl (C=O) groups is 1. The van der Waals surface area contributed by atoms with Crippen LogP contribution in [0.4, 0.5) is 0 Å². The summed E-state index contributed by atoms with van der Waals surface area (Å²) in [6.07, 6.45) is 6.27. The van der Waals surface area contributed by atoms with Crippen molar-refractivity contribution < 1.29 is 14.3 Å². The van der Waals surface area contributed by atoms with Crippen molar-refractivity contribution in [1.29, 1.82) is 0 Å². The van der Waals surface area contributed by atoms with Crippen molar-refractivity contribution in [2.24, 2.45) is 17.6 Å². The van der Waals surface area contributed by atoms with Crippen LogP contribution in [-0.4, -0.2) is 31.8 Å². The highest BCUT2D eigenvalue weighted by Crippen LogP contribution is 2.37. The van der Waals surface area contributed by atoms with Gasteiger partial charge < -0.3 is 15.2 Å². The molecule has 0 aromatic heterocycles. The topological polar surface area (TPSA) is 61.5 Å². The van der Waals surface area contributed by atoms with Crippen LogP contribution in [0.5, 0.6) is 0 Å². The Kier molecular flexibility index (Phi) is 4.05. The number of methoxy groups -OCH3 is 1. The van der Waals surface area contributed by atoms with Gasteiger partial charge in [-0.15, -0.1) is 0 Å². The van der Waals surface area contributed by atoms with E-state index in [1.165, 1.54) is 20.0 Å². The minimum atomic E-state index is -0.766. The van der Waals surface area contributed by atoms with Crippen molar-refractivity contribution in [3.8, 4) is 0 Å². The third-order valence-electron chi connectivity index (χ3n) is 4.10. The summed E-state index contributed by atoms with van der Waals surface area (Å²) >= 11 is 0. The van der Waals surface area contributed by atoms with Gasteiger partial charge in [0.1, 0.15) is 5.54 Å². The van der Waals surface area contributed by atoms with Crippen LogP contribution in [0.15, 0.2) is 0 Å². The maximum Gasteiger partial charge on any atom is 0.326 e. The fourth-order valence-corrected chi connectivity index (χ4v) is 2.72. The summed E-state index contributed by atoms with van der Waals surface area (Å²) in [6, 6.07) is 0. The maximum atomic E-state index is 11.7. The number of hydrogen-bond donors (Lipinski definition) is 1.